The summed E-state index contributed by atoms with van der Waals surface area (Å²) in [5.41, 5.74) is 2.67. The molecule has 2 aromatic rings. The van der Waals surface area contributed by atoms with Gasteiger partial charge in [-0.3, -0.25) is 0 Å². The molecule has 0 aliphatic rings. The quantitative estimate of drug-likeness (QED) is 0.631. The third kappa shape index (κ3) is 1.46. The Hall–Kier alpha value is -1.50. The van der Waals surface area contributed by atoms with Crippen molar-refractivity contribution in [3.63, 3.8) is 0 Å². The van der Waals surface area contributed by atoms with E-state index >= 15 is 0 Å². The molecular formula is C13H15N. The fraction of sp³-hybridized carbons (Fsp3) is 0.231. The van der Waals surface area contributed by atoms with Gasteiger partial charge in [-0.15, -0.1) is 0 Å². The lowest BCUT2D eigenvalue weighted by atomic mass is 10.1. The molecule has 72 valence electrons. The van der Waals surface area contributed by atoms with Crippen LogP contribution in [0.15, 0.2) is 42.6 Å². The first-order valence-electron chi connectivity index (χ1n) is 4.98. The predicted octanol–water partition coefficient (Wildman–Crippen LogP) is 3.53. The monoisotopic (exact) mass is 185 g/mol. The molecule has 0 bridgehead atoms. The van der Waals surface area contributed by atoms with Crippen molar-refractivity contribution in [1.82, 2.24) is 4.57 Å². The largest absolute Gasteiger partial charge is 0.344 e. The third-order valence-electron chi connectivity index (χ3n) is 2.57. The third-order valence-corrected chi connectivity index (χ3v) is 2.57. The van der Waals surface area contributed by atoms with Crippen molar-refractivity contribution in [3.8, 4) is 0 Å². The highest BCUT2D eigenvalue weighted by molar-refractivity contribution is 5.83. The maximum atomic E-state index is 2.27. The molecule has 0 saturated carbocycles. The molecule has 0 fully saturated rings. The van der Waals surface area contributed by atoms with Crippen molar-refractivity contribution in [1.29, 1.82) is 0 Å². The molecule has 2 rings (SSSR count). The number of aromatic nitrogens is 1. The van der Waals surface area contributed by atoms with Crippen LogP contribution in [-0.2, 0) is 6.54 Å². The van der Waals surface area contributed by atoms with Gasteiger partial charge in [-0.2, -0.15) is 0 Å². The second-order valence-corrected chi connectivity index (χ2v) is 3.54. The highest BCUT2D eigenvalue weighted by Gasteiger charge is 2.00. The zero-order valence-corrected chi connectivity index (χ0v) is 8.70. The van der Waals surface area contributed by atoms with E-state index in [1.807, 2.05) is 0 Å². The maximum Gasteiger partial charge on any atom is 0.0485 e. The Balaban J connectivity index is 2.52. The topological polar surface area (TPSA) is 4.93 Å². The van der Waals surface area contributed by atoms with Crippen LogP contribution in [0.3, 0.4) is 0 Å². The summed E-state index contributed by atoms with van der Waals surface area (Å²) in [6.07, 6.45) is 6.40. The van der Waals surface area contributed by atoms with Crippen molar-refractivity contribution in [2.45, 2.75) is 20.4 Å². The lowest BCUT2D eigenvalue weighted by Gasteiger charge is -2.01. The first-order chi connectivity index (χ1) is 6.83. The molecule has 0 radical (unpaired) electrons. The van der Waals surface area contributed by atoms with Gasteiger partial charge < -0.3 is 4.57 Å². The molecule has 0 amide bonds. The lowest BCUT2D eigenvalue weighted by Crippen LogP contribution is -1.91. The molecule has 1 nitrogen and oxygen atoms in total. The number of benzene rings is 1. The van der Waals surface area contributed by atoms with Crippen molar-refractivity contribution in [3.05, 3.63) is 48.2 Å². The van der Waals surface area contributed by atoms with Crippen LogP contribution in [0.25, 0.3) is 10.9 Å². The van der Waals surface area contributed by atoms with Crippen LogP contribution in [-0.4, -0.2) is 4.57 Å². The maximum absolute atomic E-state index is 2.27. The van der Waals surface area contributed by atoms with Crippen LogP contribution >= 0.6 is 0 Å². The Kier molecular flexibility index (Phi) is 2.40. The van der Waals surface area contributed by atoms with E-state index in [-0.39, 0.29) is 0 Å². The second kappa shape index (κ2) is 3.70. The summed E-state index contributed by atoms with van der Waals surface area (Å²) < 4.78 is 2.27. The average Bonchev–Trinajstić information content (AvgIpc) is 2.60. The summed E-state index contributed by atoms with van der Waals surface area (Å²) in [6, 6.07) is 8.63. The Labute approximate surface area is 84.7 Å². The Morgan fingerprint density at radius 1 is 1.29 bits per heavy atom. The van der Waals surface area contributed by atoms with Crippen LogP contribution < -0.4 is 0 Å². The molecule has 14 heavy (non-hydrogen) atoms. The normalized spacial score (nSPS) is 11.6. The first kappa shape index (κ1) is 9.07. The van der Waals surface area contributed by atoms with Gasteiger partial charge in [-0.25, -0.2) is 0 Å². The van der Waals surface area contributed by atoms with Gasteiger partial charge in [0.25, 0.3) is 0 Å². The van der Waals surface area contributed by atoms with Crippen LogP contribution in [0.4, 0.5) is 0 Å². The van der Waals surface area contributed by atoms with E-state index < -0.39 is 0 Å². The van der Waals surface area contributed by atoms with Crippen molar-refractivity contribution in [2.75, 3.05) is 0 Å². The van der Waals surface area contributed by atoms with E-state index in [0.29, 0.717) is 0 Å². The summed E-state index contributed by atoms with van der Waals surface area (Å²) in [5, 5.41) is 1.36. The van der Waals surface area contributed by atoms with Crippen molar-refractivity contribution in [2.24, 2.45) is 0 Å². The Morgan fingerprint density at radius 3 is 2.93 bits per heavy atom. The molecule has 1 heterocycles. The van der Waals surface area contributed by atoms with Gasteiger partial charge in [0, 0.05) is 23.6 Å². The molecule has 0 saturated heterocycles. The van der Waals surface area contributed by atoms with E-state index in [2.05, 4.69) is 61.0 Å². The zero-order valence-electron chi connectivity index (χ0n) is 8.70. The SMILES string of the molecule is C/C=C/Cn1ccc2c(C)cccc21. The summed E-state index contributed by atoms with van der Waals surface area (Å²) in [4.78, 5) is 0. The molecule has 0 atom stereocenters. The number of nitrogens with zero attached hydrogens (tertiary/aromatic N) is 1. The van der Waals surface area contributed by atoms with Crippen LogP contribution in [0.5, 0.6) is 0 Å². The summed E-state index contributed by atoms with van der Waals surface area (Å²) in [7, 11) is 0. The number of hydrogen-bond acceptors (Lipinski definition) is 0. The van der Waals surface area contributed by atoms with Gasteiger partial charge in [-0.05, 0) is 31.5 Å². The fourth-order valence-corrected chi connectivity index (χ4v) is 1.76. The van der Waals surface area contributed by atoms with Gasteiger partial charge in [-0.1, -0.05) is 24.3 Å². The first-order valence-corrected chi connectivity index (χ1v) is 4.98. The highest BCUT2D eigenvalue weighted by atomic mass is 14.9. The number of allylic oxidation sites excluding steroid dienone is 2. The van der Waals surface area contributed by atoms with Crippen LogP contribution in [0.1, 0.15) is 12.5 Å². The molecular weight excluding hydrogens is 170 g/mol. The predicted molar refractivity (Wildman–Crippen MR) is 61.5 cm³/mol. The van der Waals surface area contributed by atoms with Crippen molar-refractivity contribution >= 4 is 10.9 Å². The molecule has 0 unspecified atom stereocenters. The minimum absolute atomic E-state index is 0.962. The smallest absolute Gasteiger partial charge is 0.0485 e. The van der Waals surface area contributed by atoms with E-state index in [0.717, 1.165) is 6.54 Å². The van der Waals surface area contributed by atoms with Gasteiger partial charge >= 0.3 is 0 Å². The van der Waals surface area contributed by atoms with Gasteiger partial charge in [0.2, 0.25) is 0 Å². The van der Waals surface area contributed by atoms with E-state index in [4.69, 9.17) is 0 Å². The summed E-state index contributed by atoms with van der Waals surface area (Å²) >= 11 is 0. The van der Waals surface area contributed by atoms with Gasteiger partial charge in [0.15, 0.2) is 0 Å². The summed E-state index contributed by atoms with van der Waals surface area (Å²) in [6.45, 7) is 5.17. The Morgan fingerprint density at radius 2 is 2.14 bits per heavy atom. The van der Waals surface area contributed by atoms with Gasteiger partial charge in [0.05, 0.1) is 0 Å². The van der Waals surface area contributed by atoms with E-state index in [1.54, 1.807) is 0 Å². The number of aryl methyl sites for hydroxylation is 1. The molecule has 1 heteroatoms. The lowest BCUT2D eigenvalue weighted by molar-refractivity contribution is 0.862. The standard InChI is InChI=1S/C13H15N/c1-3-4-9-14-10-8-12-11(2)6-5-7-13(12)14/h3-8,10H,9H2,1-2H3/b4-3+. The molecule has 1 aromatic heterocycles. The molecule has 0 N–H and O–H groups in total. The number of fused-ring (bicyclic) bond motifs is 1. The number of hydrogen-bond donors (Lipinski definition) is 0. The molecule has 0 aliphatic heterocycles. The van der Waals surface area contributed by atoms with E-state index in [1.165, 1.54) is 16.5 Å². The average molecular weight is 185 g/mol. The van der Waals surface area contributed by atoms with Crippen LogP contribution in [0, 0.1) is 6.92 Å². The molecule has 0 aliphatic carbocycles. The second-order valence-electron chi connectivity index (χ2n) is 3.54. The van der Waals surface area contributed by atoms with Gasteiger partial charge in [0.1, 0.15) is 0 Å². The fourth-order valence-electron chi connectivity index (χ4n) is 1.76. The van der Waals surface area contributed by atoms with E-state index in [9.17, 15) is 0 Å². The molecule has 0 spiro atoms. The highest BCUT2D eigenvalue weighted by Crippen LogP contribution is 2.19. The summed E-state index contributed by atoms with van der Waals surface area (Å²) in [5.74, 6) is 0. The zero-order chi connectivity index (χ0) is 9.97. The van der Waals surface area contributed by atoms with Crippen LogP contribution in [0.2, 0.25) is 0 Å². The Bertz CT molecular complexity index is 463. The number of rotatable bonds is 2. The minimum atomic E-state index is 0.962. The molecule has 1 aromatic carbocycles. The minimum Gasteiger partial charge on any atom is -0.344 e. The van der Waals surface area contributed by atoms with Crippen molar-refractivity contribution < 1.29 is 0 Å².